The maximum absolute atomic E-state index is 5.25. The van der Waals surface area contributed by atoms with Gasteiger partial charge in [-0.3, -0.25) is 13.2 Å². The normalized spacial score (nSPS) is 11.6. The summed E-state index contributed by atoms with van der Waals surface area (Å²) in [5.74, 6) is 7.50. The van der Waals surface area contributed by atoms with Gasteiger partial charge in [0.15, 0.2) is 34.9 Å². The lowest BCUT2D eigenvalue weighted by molar-refractivity contribution is 0.936. The Kier molecular flexibility index (Phi) is 19.7. The minimum absolute atomic E-state index is 0. The van der Waals surface area contributed by atoms with E-state index in [-0.39, 0.29) is 7.43 Å². The van der Waals surface area contributed by atoms with E-state index in [4.69, 9.17) is 59.8 Å². The van der Waals surface area contributed by atoms with Gasteiger partial charge < -0.3 is 0 Å². The first-order valence-corrected chi connectivity index (χ1v) is 44.6. The molecule has 18 heteroatoms. The van der Waals surface area contributed by atoms with Gasteiger partial charge in [-0.05, 0) is 170 Å². The van der Waals surface area contributed by atoms with Crippen molar-refractivity contribution >= 4 is 116 Å². The van der Waals surface area contributed by atoms with Crippen LogP contribution in [0.25, 0.3) is 235 Å². The molecule has 9 heterocycles. The highest BCUT2D eigenvalue weighted by atomic mass is 15.3. The molecule has 0 aliphatic rings. The first-order chi connectivity index (χ1) is 66.2. The predicted molar refractivity (Wildman–Crippen MR) is 546 cm³/mol. The second-order valence-corrected chi connectivity index (χ2v) is 33.5. The van der Waals surface area contributed by atoms with Crippen molar-refractivity contribution in [3.63, 3.8) is 0 Å². The van der Waals surface area contributed by atoms with Crippen molar-refractivity contribution in [2.45, 2.75) is 21.3 Å². The first-order valence-electron chi connectivity index (χ1n) is 44.6. The molecule has 0 amide bonds. The van der Waals surface area contributed by atoms with Crippen molar-refractivity contribution in [3.05, 3.63) is 436 Å². The molecule has 0 unspecified atom stereocenters. The number of benzene rings is 18. The average molecular weight is 1740 g/mol. The largest absolute Gasteiger partial charge is 0.276 e. The summed E-state index contributed by atoms with van der Waals surface area (Å²) < 4.78 is 12.8. The van der Waals surface area contributed by atoms with E-state index < -0.39 is 0 Å². The molecular weight excluding hydrogens is 1660 g/mol. The molecule has 27 aromatic rings. The molecule has 18 nitrogen and oxygen atoms in total. The molecule has 18 aromatic carbocycles. The SMILES string of the molecule is C.Cc1ccc2c(c1)nc1n(-c3nc(-c4ccccc4)nc(-c4ccccc4)n3)c3ccc(C)cc3n21.c1ccc(-c2ccc3c(c2)nc2n(-c4nc(-c5ccccc5)nc(-c5ccccc5)n4)c4ccc(-c5ccccc5)cc4n32)cc1.c1ccc(-c2nc(-c3ccccc3)nc(-n3c4ccc(-c5ccc6c7ccccc7c7ccccc7c6c5)cc4n4c5ccccc5nc34)n2)cc1. The van der Waals surface area contributed by atoms with E-state index in [1.807, 2.05) is 205 Å². The fraction of sp³-hybridized carbons (Fsp3) is 0.0256. The standard InChI is InChI=1S/C46H28N6.C40H26N6.C30H22N6.CH4/c1-3-13-29(14-4-1)43-48-44(30-15-5-2-6-16-30)50-45(49-43)52-41-26-24-32(28-42(41)51-40-22-12-11-21-39(40)47-46(51)52)31-23-25-37-35-19-8-7-17-33(35)34-18-9-10-20-36(34)38(37)27-31;1-5-13-27(14-6-1)31-21-23-34-33(25-31)41-40-45(34)36-26-32(28-15-7-2-8-16-28)22-24-35(36)46(40)39-43-37(29-17-9-3-10-18-29)42-38(44-39)30-19-11-4-12-20-30;1-19-13-15-24-23(17-19)31-30-35(24)26-18-20(2)14-16-25(26)36(30)29-33-27(21-9-5-3-6-10-21)32-28(34-29)22-11-7-4-8-12-22;/h1-28H;1-26H;3-18H,1-2H3;1H4. The highest BCUT2D eigenvalue weighted by molar-refractivity contribution is 6.26. The van der Waals surface area contributed by atoms with Crippen LogP contribution in [-0.4, -0.2) is 86.7 Å². The van der Waals surface area contributed by atoms with Crippen LogP contribution >= 0.6 is 0 Å². The van der Waals surface area contributed by atoms with Crippen molar-refractivity contribution in [3.8, 4) is 120 Å². The number of aryl methyl sites for hydroxylation is 2. The smallest absolute Gasteiger partial charge is 0.241 e. The number of imidazole rings is 6. The molecule has 135 heavy (non-hydrogen) atoms. The lowest BCUT2D eigenvalue weighted by atomic mass is 9.92. The molecule has 27 rings (SSSR count). The van der Waals surface area contributed by atoms with E-state index in [1.54, 1.807) is 0 Å². The Morgan fingerprint density at radius 2 is 0.407 bits per heavy atom. The van der Waals surface area contributed by atoms with Gasteiger partial charge >= 0.3 is 0 Å². The Morgan fingerprint density at radius 1 is 0.156 bits per heavy atom. The van der Waals surface area contributed by atoms with Gasteiger partial charge in [-0.1, -0.05) is 353 Å². The summed E-state index contributed by atoms with van der Waals surface area (Å²) in [6.07, 6.45) is 0. The second-order valence-electron chi connectivity index (χ2n) is 33.5. The van der Waals surface area contributed by atoms with Crippen LogP contribution in [0.1, 0.15) is 18.6 Å². The summed E-state index contributed by atoms with van der Waals surface area (Å²) in [4.78, 5) is 60.5. The lowest BCUT2D eigenvalue weighted by Crippen LogP contribution is -2.07. The molecule has 638 valence electrons. The maximum Gasteiger partial charge on any atom is 0.241 e. The highest BCUT2D eigenvalue weighted by Gasteiger charge is 2.27. The van der Waals surface area contributed by atoms with Crippen molar-refractivity contribution in [1.82, 2.24) is 86.7 Å². The van der Waals surface area contributed by atoms with Crippen LogP contribution in [0.4, 0.5) is 0 Å². The van der Waals surface area contributed by atoms with E-state index >= 15 is 0 Å². The fourth-order valence-corrected chi connectivity index (χ4v) is 18.7. The summed E-state index contributed by atoms with van der Waals surface area (Å²) in [5.41, 5.74) is 26.6. The van der Waals surface area contributed by atoms with Crippen LogP contribution in [0.15, 0.2) is 425 Å². The monoisotopic (exact) mass is 1740 g/mol. The van der Waals surface area contributed by atoms with E-state index in [9.17, 15) is 0 Å². The Hall–Kier alpha value is -18.4. The molecule has 0 aliphatic heterocycles. The number of hydrogen-bond acceptors (Lipinski definition) is 12. The summed E-state index contributed by atoms with van der Waals surface area (Å²) in [6.45, 7) is 4.19. The van der Waals surface area contributed by atoms with Crippen molar-refractivity contribution < 1.29 is 0 Å². The zero-order valence-electron chi connectivity index (χ0n) is 72.5. The van der Waals surface area contributed by atoms with E-state index in [1.165, 1.54) is 43.4 Å². The zero-order chi connectivity index (χ0) is 88.9. The minimum Gasteiger partial charge on any atom is -0.276 e. The zero-order valence-corrected chi connectivity index (χ0v) is 72.5. The fourth-order valence-electron chi connectivity index (χ4n) is 18.7. The third-order valence-corrected chi connectivity index (χ3v) is 25.1. The van der Waals surface area contributed by atoms with Crippen molar-refractivity contribution in [1.29, 1.82) is 0 Å². The molecular formula is C117H80N18. The van der Waals surface area contributed by atoms with E-state index in [0.29, 0.717) is 52.8 Å². The van der Waals surface area contributed by atoms with Crippen molar-refractivity contribution in [2.24, 2.45) is 0 Å². The summed E-state index contributed by atoms with van der Waals surface area (Å²) in [7, 11) is 0. The summed E-state index contributed by atoms with van der Waals surface area (Å²) in [6, 6.07) is 146. The number of nitrogens with zero attached hydrogens (tertiary/aromatic N) is 18. The van der Waals surface area contributed by atoms with Crippen LogP contribution < -0.4 is 0 Å². The summed E-state index contributed by atoms with van der Waals surface area (Å²) >= 11 is 0. The third kappa shape index (κ3) is 14.2. The topological polar surface area (TPSA) is 183 Å². The molecule has 0 bridgehead atoms. The van der Waals surface area contributed by atoms with Gasteiger partial charge in [0, 0.05) is 33.4 Å². The van der Waals surface area contributed by atoms with Gasteiger partial charge in [-0.25, -0.2) is 43.6 Å². The lowest BCUT2D eigenvalue weighted by Gasteiger charge is -2.12. The van der Waals surface area contributed by atoms with E-state index in [2.05, 4.69) is 261 Å². The average Bonchev–Trinajstić information content (AvgIpc) is 1.56. The maximum atomic E-state index is 5.25. The predicted octanol–water partition coefficient (Wildman–Crippen LogP) is 27.6. The molecule has 0 radical (unpaired) electrons. The van der Waals surface area contributed by atoms with Crippen LogP contribution in [0.3, 0.4) is 0 Å². The molecule has 0 saturated carbocycles. The second kappa shape index (κ2) is 33.3. The number of fused-ring (bicyclic) bond motifs is 21. The van der Waals surface area contributed by atoms with Gasteiger partial charge in [-0.2, -0.15) is 29.9 Å². The van der Waals surface area contributed by atoms with Gasteiger partial charge in [0.25, 0.3) is 0 Å². The van der Waals surface area contributed by atoms with Gasteiger partial charge in [0.05, 0.1) is 66.2 Å². The number of aromatic nitrogens is 18. The molecule has 0 aliphatic carbocycles. The Labute approximate surface area is 774 Å². The quantitative estimate of drug-likeness (QED) is 0.106. The van der Waals surface area contributed by atoms with Crippen LogP contribution in [0.5, 0.6) is 0 Å². The number of rotatable bonds is 12. The molecule has 0 saturated heterocycles. The molecule has 0 N–H and O–H groups in total. The third-order valence-electron chi connectivity index (χ3n) is 25.1. The highest BCUT2D eigenvalue weighted by Crippen LogP contribution is 2.42. The number of hydrogen-bond donors (Lipinski definition) is 0. The number of para-hydroxylation sites is 2. The van der Waals surface area contributed by atoms with Gasteiger partial charge in [0.2, 0.25) is 35.2 Å². The molecule has 0 atom stereocenters. The summed E-state index contributed by atoms with van der Waals surface area (Å²) in [5, 5.41) is 7.57. The first kappa shape index (κ1) is 79.9. The Balaban J connectivity index is 0.000000112. The van der Waals surface area contributed by atoms with Crippen LogP contribution in [-0.2, 0) is 0 Å². The van der Waals surface area contributed by atoms with E-state index in [0.717, 1.165) is 150 Å². The Bertz CT molecular complexity index is 9050. The Morgan fingerprint density at radius 3 is 0.793 bits per heavy atom. The minimum atomic E-state index is 0. The van der Waals surface area contributed by atoms with Crippen molar-refractivity contribution in [2.75, 3.05) is 0 Å². The van der Waals surface area contributed by atoms with Crippen LogP contribution in [0, 0.1) is 13.8 Å². The molecule has 0 fully saturated rings. The van der Waals surface area contributed by atoms with Gasteiger partial charge in [-0.15, -0.1) is 0 Å². The molecule has 9 aromatic heterocycles. The van der Waals surface area contributed by atoms with Gasteiger partial charge in [0.1, 0.15) is 0 Å². The van der Waals surface area contributed by atoms with Crippen LogP contribution in [0.2, 0.25) is 0 Å². The molecule has 0 spiro atoms.